The summed E-state index contributed by atoms with van der Waals surface area (Å²) in [6.07, 6.45) is 1.97. The van der Waals surface area contributed by atoms with Crippen LogP contribution in [0.3, 0.4) is 0 Å². The molecular weight excluding hydrogens is 242 g/mol. The SMILES string of the molecule is Cl.Nc1nc(-c2c[nH]c3ccccc23)cs1. The van der Waals surface area contributed by atoms with E-state index in [1.54, 1.807) is 0 Å². The fourth-order valence-electron chi connectivity index (χ4n) is 1.69. The predicted molar refractivity (Wildman–Crippen MR) is 71.1 cm³/mol. The molecule has 3 nitrogen and oxygen atoms in total. The van der Waals surface area contributed by atoms with Crippen LogP contribution in [0, 0.1) is 0 Å². The van der Waals surface area contributed by atoms with Crippen LogP contribution in [-0.2, 0) is 0 Å². The number of anilines is 1. The van der Waals surface area contributed by atoms with Crippen LogP contribution < -0.4 is 5.73 Å². The van der Waals surface area contributed by atoms with E-state index in [0.717, 1.165) is 16.8 Å². The van der Waals surface area contributed by atoms with Gasteiger partial charge >= 0.3 is 0 Å². The highest BCUT2D eigenvalue weighted by Gasteiger charge is 2.07. The van der Waals surface area contributed by atoms with Crippen LogP contribution in [0.25, 0.3) is 22.2 Å². The van der Waals surface area contributed by atoms with Crippen LogP contribution in [-0.4, -0.2) is 9.97 Å². The van der Waals surface area contributed by atoms with Gasteiger partial charge in [0, 0.05) is 28.0 Å². The van der Waals surface area contributed by atoms with Gasteiger partial charge in [0.2, 0.25) is 0 Å². The Kier molecular flexibility index (Phi) is 2.85. The van der Waals surface area contributed by atoms with Crippen molar-refractivity contribution in [2.75, 3.05) is 5.73 Å². The minimum atomic E-state index is 0. The summed E-state index contributed by atoms with van der Waals surface area (Å²) >= 11 is 1.46. The summed E-state index contributed by atoms with van der Waals surface area (Å²) in [7, 11) is 0. The van der Waals surface area contributed by atoms with E-state index >= 15 is 0 Å². The summed E-state index contributed by atoms with van der Waals surface area (Å²) < 4.78 is 0. The first-order chi connectivity index (χ1) is 7.34. The van der Waals surface area contributed by atoms with E-state index in [2.05, 4.69) is 22.1 Å². The van der Waals surface area contributed by atoms with Gasteiger partial charge in [-0.2, -0.15) is 0 Å². The Morgan fingerprint density at radius 3 is 2.81 bits per heavy atom. The summed E-state index contributed by atoms with van der Waals surface area (Å²) in [5.74, 6) is 0. The monoisotopic (exact) mass is 251 g/mol. The normalized spacial score (nSPS) is 10.2. The molecule has 2 heterocycles. The van der Waals surface area contributed by atoms with Crippen LogP contribution >= 0.6 is 23.7 Å². The molecule has 16 heavy (non-hydrogen) atoms. The average molecular weight is 252 g/mol. The van der Waals surface area contributed by atoms with Gasteiger partial charge in [-0.25, -0.2) is 4.98 Å². The van der Waals surface area contributed by atoms with E-state index in [4.69, 9.17) is 5.73 Å². The van der Waals surface area contributed by atoms with Gasteiger partial charge in [0.15, 0.2) is 5.13 Å². The second kappa shape index (κ2) is 4.15. The van der Waals surface area contributed by atoms with Crippen molar-refractivity contribution in [3.63, 3.8) is 0 Å². The number of nitrogens with zero attached hydrogens (tertiary/aromatic N) is 1. The van der Waals surface area contributed by atoms with Crippen molar-refractivity contribution >= 4 is 39.8 Å². The Morgan fingerprint density at radius 2 is 2.06 bits per heavy atom. The van der Waals surface area contributed by atoms with Gasteiger partial charge in [0.05, 0.1) is 5.69 Å². The van der Waals surface area contributed by atoms with Gasteiger partial charge in [-0.3, -0.25) is 0 Å². The molecule has 0 amide bonds. The van der Waals surface area contributed by atoms with Crippen LogP contribution in [0.4, 0.5) is 5.13 Å². The first-order valence-electron chi connectivity index (χ1n) is 4.62. The number of nitrogens with two attached hydrogens (primary N) is 1. The molecule has 0 fully saturated rings. The van der Waals surface area contributed by atoms with Crippen LogP contribution in [0.2, 0.25) is 0 Å². The minimum Gasteiger partial charge on any atom is -0.375 e. The molecule has 0 saturated heterocycles. The third kappa shape index (κ3) is 1.66. The lowest BCUT2D eigenvalue weighted by molar-refractivity contribution is 1.41. The fraction of sp³-hybridized carbons (Fsp3) is 0. The number of nitrogens with one attached hydrogen (secondary N) is 1. The number of aromatic amines is 1. The van der Waals surface area contributed by atoms with Crippen molar-refractivity contribution in [2.45, 2.75) is 0 Å². The van der Waals surface area contributed by atoms with Crippen molar-refractivity contribution in [1.82, 2.24) is 9.97 Å². The number of para-hydroxylation sites is 1. The number of hydrogen-bond acceptors (Lipinski definition) is 3. The molecule has 0 unspecified atom stereocenters. The van der Waals surface area contributed by atoms with Gasteiger partial charge in [-0.05, 0) is 6.07 Å². The van der Waals surface area contributed by atoms with E-state index in [9.17, 15) is 0 Å². The molecular formula is C11H10ClN3S. The van der Waals surface area contributed by atoms with Crippen LogP contribution in [0.5, 0.6) is 0 Å². The summed E-state index contributed by atoms with van der Waals surface area (Å²) in [6.45, 7) is 0. The molecule has 0 aliphatic rings. The van der Waals surface area contributed by atoms with E-state index in [1.165, 1.54) is 16.7 Å². The largest absolute Gasteiger partial charge is 0.375 e. The number of hydrogen-bond donors (Lipinski definition) is 2. The standard InChI is InChI=1S/C11H9N3S.ClH/c12-11-14-10(6-15-11)8-5-13-9-4-2-1-3-7(8)9;/h1-6,13H,(H2,12,14);1H. The number of nitrogen functional groups attached to an aromatic ring is 1. The molecule has 3 aromatic rings. The Labute approximate surface area is 103 Å². The molecule has 82 valence electrons. The Morgan fingerprint density at radius 1 is 1.25 bits per heavy atom. The number of thiazole rings is 1. The zero-order valence-electron chi connectivity index (χ0n) is 8.31. The van der Waals surface area contributed by atoms with E-state index in [1.807, 2.05) is 23.7 Å². The molecule has 3 rings (SSSR count). The highest BCUT2D eigenvalue weighted by Crippen LogP contribution is 2.29. The summed E-state index contributed by atoms with van der Waals surface area (Å²) in [6, 6.07) is 8.17. The second-order valence-electron chi connectivity index (χ2n) is 3.32. The predicted octanol–water partition coefficient (Wildman–Crippen LogP) is 3.30. The second-order valence-corrected chi connectivity index (χ2v) is 4.21. The Balaban J connectivity index is 0.000000963. The van der Waals surface area contributed by atoms with Crippen molar-refractivity contribution in [3.8, 4) is 11.3 Å². The minimum absolute atomic E-state index is 0. The first kappa shape index (κ1) is 11.0. The number of halogens is 1. The fourth-order valence-corrected chi connectivity index (χ4v) is 2.26. The molecule has 0 radical (unpaired) electrons. The lowest BCUT2D eigenvalue weighted by atomic mass is 10.1. The number of H-pyrrole nitrogens is 1. The number of fused-ring (bicyclic) bond motifs is 1. The molecule has 5 heteroatoms. The average Bonchev–Trinajstić information content (AvgIpc) is 2.83. The molecule has 0 aliphatic carbocycles. The van der Waals surface area contributed by atoms with Gasteiger partial charge in [-0.15, -0.1) is 23.7 Å². The first-order valence-corrected chi connectivity index (χ1v) is 5.50. The number of aromatic nitrogens is 2. The molecule has 1 aromatic carbocycles. The zero-order valence-corrected chi connectivity index (χ0v) is 9.94. The van der Waals surface area contributed by atoms with Gasteiger partial charge in [0.1, 0.15) is 0 Å². The molecule has 0 bridgehead atoms. The highest BCUT2D eigenvalue weighted by molar-refractivity contribution is 7.13. The number of benzene rings is 1. The molecule has 0 aliphatic heterocycles. The maximum Gasteiger partial charge on any atom is 0.180 e. The van der Waals surface area contributed by atoms with E-state index in [0.29, 0.717) is 5.13 Å². The Bertz CT molecular complexity index is 614. The summed E-state index contributed by atoms with van der Waals surface area (Å²) in [5.41, 5.74) is 8.80. The lowest BCUT2D eigenvalue weighted by Gasteiger charge is -1.92. The van der Waals surface area contributed by atoms with Crippen LogP contribution in [0.1, 0.15) is 0 Å². The van der Waals surface area contributed by atoms with Crippen LogP contribution in [0.15, 0.2) is 35.8 Å². The number of rotatable bonds is 1. The van der Waals surface area contributed by atoms with Gasteiger partial charge < -0.3 is 10.7 Å². The van der Waals surface area contributed by atoms with Gasteiger partial charge in [0.25, 0.3) is 0 Å². The summed E-state index contributed by atoms with van der Waals surface area (Å²) in [4.78, 5) is 7.50. The van der Waals surface area contributed by atoms with Crippen molar-refractivity contribution in [2.24, 2.45) is 0 Å². The van der Waals surface area contributed by atoms with Gasteiger partial charge in [-0.1, -0.05) is 18.2 Å². The topological polar surface area (TPSA) is 54.7 Å². The smallest absolute Gasteiger partial charge is 0.180 e. The third-order valence-corrected chi connectivity index (χ3v) is 3.06. The maximum absolute atomic E-state index is 5.63. The quantitative estimate of drug-likeness (QED) is 0.697. The highest BCUT2D eigenvalue weighted by atomic mass is 35.5. The molecule has 3 N–H and O–H groups in total. The molecule has 0 spiro atoms. The summed E-state index contributed by atoms with van der Waals surface area (Å²) in [5, 5.41) is 3.77. The lowest BCUT2D eigenvalue weighted by Crippen LogP contribution is -1.81. The van der Waals surface area contributed by atoms with Crippen molar-refractivity contribution in [1.29, 1.82) is 0 Å². The van der Waals surface area contributed by atoms with Crippen molar-refractivity contribution < 1.29 is 0 Å². The molecule has 0 saturated carbocycles. The van der Waals surface area contributed by atoms with E-state index in [-0.39, 0.29) is 12.4 Å². The third-order valence-electron chi connectivity index (χ3n) is 2.39. The van der Waals surface area contributed by atoms with E-state index < -0.39 is 0 Å². The molecule has 2 aromatic heterocycles. The molecule has 0 atom stereocenters. The maximum atomic E-state index is 5.63. The van der Waals surface area contributed by atoms with Crippen molar-refractivity contribution in [3.05, 3.63) is 35.8 Å². The zero-order chi connectivity index (χ0) is 10.3. The Hall–Kier alpha value is -1.52.